The fourth-order valence-corrected chi connectivity index (χ4v) is 1.69. The number of carbonyl (C=O) groups excluding carboxylic acids is 1. The highest BCUT2D eigenvalue weighted by Crippen LogP contribution is 2.18. The van der Waals surface area contributed by atoms with Crippen LogP contribution >= 0.6 is 15.9 Å². The molecule has 88 valence electrons. The summed E-state index contributed by atoms with van der Waals surface area (Å²) in [6.45, 7) is 4.39. The van der Waals surface area contributed by atoms with Gasteiger partial charge in [-0.3, -0.25) is 9.78 Å². The topological polar surface area (TPSA) is 33.2 Å². The Kier molecular flexibility index (Phi) is 4.47. The van der Waals surface area contributed by atoms with Crippen LogP contribution in [0.5, 0.6) is 0 Å². The van der Waals surface area contributed by atoms with Crippen molar-refractivity contribution < 1.29 is 4.79 Å². The first-order valence-electron chi connectivity index (χ1n) is 5.25. The van der Waals surface area contributed by atoms with Crippen molar-refractivity contribution in [1.82, 2.24) is 9.88 Å². The molecule has 1 rings (SSSR count). The molecule has 0 spiro atoms. The van der Waals surface area contributed by atoms with E-state index in [1.165, 1.54) is 0 Å². The van der Waals surface area contributed by atoms with Gasteiger partial charge in [0.2, 0.25) is 5.91 Å². The van der Waals surface area contributed by atoms with Crippen molar-refractivity contribution in [2.75, 3.05) is 13.6 Å². The van der Waals surface area contributed by atoms with Gasteiger partial charge in [0.05, 0.1) is 4.32 Å². The largest absolute Gasteiger partial charge is 0.344 e. The molecule has 1 heterocycles. The third kappa shape index (κ3) is 3.93. The van der Waals surface area contributed by atoms with Crippen LogP contribution in [-0.2, 0) is 11.2 Å². The number of carbonyl (C=O) groups is 1. The molecule has 0 saturated carbocycles. The normalized spacial score (nSPS) is 11.2. The van der Waals surface area contributed by atoms with Gasteiger partial charge in [-0.05, 0) is 26.0 Å². The zero-order chi connectivity index (χ0) is 12.2. The number of alkyl halides is 1. The second kappa shape index (κ2) is 5.43. The van der Waals surface area contributed by atoms with Crippen LogP contribution in [-0.4, -0.2) is 33.7 Å². The van der Waals surface area contributed by atoms with E-state index in [0.29, 0.717) is 6.54 Å². The van der Waals surface area contributed by atoms with Gasteiger partial charge < -0.3 is 4.90 Å². The number of rotatable bonds is 4. The first-order chi connectivity index (χ1) is 7.41. The molecule has 1 aromatic rings. The summed E-state index contributed by atoms with van der Waals surface area (Å²) in [5.41, 5.74) is 1.01. The van der Waals surface area contributed by atoms with Crippen LogP contribution in [0, 0.1) is 0 Å². The summed E-state index contributed by atoms with van der Waals surface area (Å²) in [5.74, 6) is 0.0865. The average Bonchev–Trinajstić information content (AvgIpc) is 2.25. The number of aromatic nitrogens is 1. The Bertz CT molecular complexity index is 346. The highest BCUT2D eigenvalue weighted by atomic mass is 79.9. The molecule has 0 N–H and O–H groups in total. The molecule has 0 atom stereocenters. The number of pyridine rings is 1. The highest BCUT2D eigenvalue weighted by molar-refractivity contribution is 9.10. The third-order valence-corrected chi connectivity index (χ3v) is 2.62. The molecule has 0 bridgehead atoms. The van der Waals surface area contributed by atoms with E-state index in [2.05, 4.69) is 20.9 Å². The maximum absolute atomic E-state index is 11.8. The summed E-state index contributed by atoms with van der Waals surface area (Å²) in [4.78, 5) is 17.8. The second-order valence-electron chi connectivity index (χ2n) is 4.27. The SMILES string of the molecule is CN(CCc1ccccn1)C(=O)C(C)(C)Br. The summed E-state index contributed by atoms with van der Waals surface area (Å²) >= 11 is 3.36. The molecule has 0 fully saturated rings. The van der Waals surface area contributed by atoms with Gasteiger partial charge >= 0.3 is 0 Å². The van der Waals surface area contributed by atoms with Crippen LogP contribution in [0.15, 0.2) is 24.4 Å². The first kappa shape index (κ1) is 13.2. The van der Waals surface area contributed by atoms with E-state index < -0.39 is 4.32 Å². The first-order valence-corrected chi connectivity index (χ1v) is 6.05. The van der Waals surface area contributed by atoms with E-state index in [4.69, 9.17) is 0 Å². The van der Waals surface area contributed by atoms with Crippen molar-refractivity contribution in [3.63, 3.8) is 0 Å². The van der Waals surface area contributed by atoms with Crippen LogP contribution in [0.2, 0.25) is 0 Å². The Morgan fingerprint density at radius 2 is 2.19 bits per heavy atom. The van der Waals surface area contributed by atoms with E-state index in [1.807, 2.05) is 39.1 Å². The lowest BCUT2D eigenvalue weighted by atomic mass is 10.2. The van der Waals surface area contributed by atoms with Gasteiger partial charge in [-0.25, -0.2) is 0 Å². The van der Waals surface area contributed by atoms with Gasteiger partial charge in [0.15, 0.2) is 0 Å². The van der Waals surface area contributed by atoms with Gasteiger partial charge in [0, 0.05) is 31.9 Å². The Morgan fingerprint density at radius 3 is 2.69 bits per heavy atom. The molecule has 4 heteroatoms. The van der Waals surface area contributed by atoms with Crippen LogP contribution in [0.25, 0.3) is 0 Å². The lowest BCUT2D eigenvalue weighted by Gasteiger charge is -2.24. The maximum Gasteiger partial charge on any atom is 0.238 e. The van der Waals surface area contributed by atoms with E-state index >= 15 is 0 Å². The van der Waals surface area contributed by atoms with Crippen molar-refractivity contribution in [1.29, 1.82) is 0 Å². The zero-order valence-corrected chi connectivity index (χ0v) is 11.5. The van der Waals surface area contributed by atoms with Gasteiger partial charge in [-0.15, -0.1) is 0 Å². The Balaban J connectivity index is 2.48. The van der Waals surface area contributed by atoms with Crippen molar-refractivity contribution in [3.8, 4) is 0 Å². The van der Waals surface area contributed by atoms with Gasteiger partial charge in [-0.2, -0.15) is 0 Å². The summed E-state index contributed by atoms with van der Waals surface area (Å²) in [6.07, 6.45) is 2.55. The molecule has 0 aliphatic heterocycles. The van der Waals surface area contributed by atoms with Crippen molar-refractivity contribution in [2.45, 2.75) is 24.6 Å². The Hall–Kier alpha value is -0.900. The molecule has 0 radical (unpaired) electrons. The predicted molar refractivity (Wildman–Crippen MR) is 68.6 cm³/mol. The van der Waals surface area contributed by atoms with Crippen LogP contribution in [0.1, 0.15) is 19.5 Å². The third-order valence-electron chi connectivity index (χ3n) is 2.28. The summed E-state index contributed by atoms with van der Waals surface area (Å²) in [6, 6.07) is 5.82. The minimum atomic E-state index is -0.494. The molecule has 0 aliphatic rings. The lowest BCUT2D eigenvalue weighted by Crippen LogP contribution is -2.40. The van der Waals surface area contributed by atoms with E-state index in [0.717, 1.165) is 12.1 Å². The van der Waals surface area contributed by atoms with Crippen molar-refractivity contribution in [3.05, 3.63) is 30.1 Å². The molecular formula is C12H17BrN2O. The minimum Gasteiger partial charge on any atom is -0.344 e. The van der Waals surface area contributed by atoms with E-state index in [1.54, 1.807) is 11.1 Å². The number of halogens is 1. The van der Waals surface area contributed by atoms with Crippen LogP contribution in [0.3, 0.4) is 0 Å². The van der Waals surface area contributed by atoms with Crippen molar-refractivity contribution in [2.24, 2.45) is 0 Å². The quantitative estimate of drug-likeness (QED) is 0.795. The number of hydrogen-bond acceptors (Lipinski definition) is 2. The molecular weight excluding hydrogens is 268 g/mol. The molecule has 0 aliphatic carbocycles. The fourth-order valence-electron chi connectivity index (χ4n) is 1.38. The molecule has 3 nitrogen and oxygen atoms in total. The smallest absolute Gasteiger partial charge is 0.238 e. The number of amides is 1. The summed E-state index contributed by atoms with van der Waals surface area (Å²) < 4.78 is -0.494. The zero-order valence-electron chi connectivity index (χ0n) is 9.90. The highest BCUT2D eigenvalue weighted by Gasteiger charge is 2.26. The molecule has 0 unspecified atom stereocenters. The van der Waals surface area contributed by atoms with E-state index in [-0.39, 0.29) is 5.91 Å². The molecule has 16 heavy (non-hydrogen) atoms. The van der Waals surface area contributed by atoms with Crippen LogP contribution in [0.4, 0.5) is 0 Å². The second-order valence-corrected chi connectivity index (χ2v) is 6.25. The molecule has 1 amide bonds. The maximum atomic E-state index is 11.8. The summed E-state index contributed by atoms with van der Waals surface area (Å²) in [7, 11) is 1.81. The van der Waals surface area contributed by atoms with Crippen molar-refractivity contribution >= 4 is 21.8 Å². The van der Waals surface area contributed by atoms with Gasteiger partial charge in [0.1, 0.15) is 0 Å². The van der Waals surface area contributed by atoms with Gasteiger partial charge in [0.25, 0.3) is 0 Å². The summed E-state index contributed by atoms with van der Waals surface area (Å²) in [5, 5.41) is 0. The van der Waals surface area contributed by atoms with E-state index in [9.17, 15) is 4.79 Å². The Labute approximate surface area is 105 Å². The predicted octanol–water partition coefficient (Wildman–Crippen LogP) is 2.26. The molecule has 1 aromatic heterocycles. The standard InChI is InChI=1S/C12H17BrN2O/c1-12(2,13)11(16)15(3)9-7-10-6-4-5-8-14-10/h4-6,8H,7,9H2,1-3H3. The lowest BCUT2D eigenvalue weighted by molar-refractivity contribution is -0.131. The number of likely N-dealkylation sites (N-methyl/N-ethyl adjacent to an activating group) is 1. The molecule has 0 aromatic carbocycles. The van der Waals surface area contributed by atoms with Crippen LogP contribution < -0.4 is 0 Å². The average molecular weight is 285 g/mol. The fraction of sp³-hybridized carbons (Fsp3) is 0.500. The number of nitrogens with zero attached hydrogens (tertiary/aromatic N) is 2. The molecule has 0 saturated heterocycles. The van der Waals surface area contributed by atoms with Gasteiger partial charge in [-0.1, -0.05) is 22.0 Å². The minimum absolute atomic E-state index is 0.0865. The Morgan fingerprint density at radius 1 is 1.50 bits per heavy atom. The number of hydrogen-bond donors (Lipinski definition) is 0. The monoisotopic (exact) mass is 284 g/mol.